The van der Waals surface area contributed by atoms with Gasteiger partial charge in [-0.1, -0.05) is 28.1 Å². The van der Waals surface area contributed by atoms with E-state index in [2.05, 4.69) is 15.9 Å². The molecule has 5 heteroatoms. The van der Waals surface area contributed by atoms with Crippen molar-refractivity contribution in [2.24, 2.45) is 0 Å². The first-order chi connectivity index (χ1) is 6.03. The molecule has 0 fully saturated rings. The molecule has 3 nitrogen and oxygen atoms in total. The fourth-order valence-electron chi connectivity index (χ4n) is 1.26. The highest BCUT2D eigenvalue weighted by atomic mass is 79.9. The maximum atomic E-state index is 11.4. The van der Waals surface area contributed by atoms with Crippen LogP contribution < -0.4 is 0 Å². The standard InChI is InChI=1S/C8H5BrO3S/c9-8-5-2-1-3-6(8)13(11,12)7(10)4-5/h1-4,8H. The van der Waals surface area contributed by atoms with Gasteiger partial charge in [0.2, 0.25) is 9.84 Å². The number of hydrogen-bond donors (Lipinski definition) is 0. The molecule has 1 unspecified atom stereocenters. The van der Waals surface area contributed by atoms with Crippen molar-refractivity contribution in [3.05, 3.63) is 34.8 Å². The predicted octanol–water partition coefficient (Wildman–Crippen LogP) is 1.08. The van der Waals surface area contributed by atoms with Crippen LogP contribution in [0.3, 0.4) is 0 Å². The Morgan fingerprint density at radius 3 is 2.77 bits per heavy atom. The van der Waals surface area contributed by atoms with Crippen molar-refractivity contribution in [1.29, 1.82) is 0 Å². The second-order valence-electron chi connectivity index (χ2n) is 2.76. The first-order valence-corrected chi connectivity index (χ1v) is 5.96. The van der Waals surface area contributed by atoms with E-state index >= 15 is 0 Å². The molecule has 0 N–H and O–H groups in total. The van der Waals surface area contributed by atoms with Gasteiger partial charge in [-0.3, -0.25) is 4.79 Å². The van der Waals surface area contributed by atoms with Gasteiger partial charge >= 0.3 is 0 Å². The molecule has 0 aromatic heterocycles. The third-order valence-corrected chi connectivity index (χ3v) is 4.92. The SMILES string of the molecule is O=C1C=C2C=CC=C(C2Br)S1(=O)=O. The molecule has 2 aliphatic rings. The number of carbonyl (C=O) groups excluding carboxylic acids is 1. The third-order valence-electron chi connectivity index (χ3n) is 1.95. The quantitative estimate of drug-likeness (QED) is 0.613. The Hall–Kier alpha value is -0.680. The summed E-state index contributed by atoms with van der Waals surface area (Å²) in [6.45, 7) is 0. The summed E-state index contributed by atoms with van der Waals surface area (Å²) in [6, 6.07) is 0. The number of rotatable bonds is 0. The van der Waals surface area contributed by atoms with Crippen molar-refractivity contribution in [1.82, 2.24) is 0 Å². The molecule has 2 rings (SSSR count). The minimum absolute atomic E-state index is 0.137. The molecule has 0 saturated heterocycles. The van der Waals surface area contributed by atoms with Crippen LogP contribution in [-0.2, 0) is 14.6 Å². The topological polar surface area (TPSA) is 51.2 Å². The summed E-state index contributed by atoms with van der Waals surface area (Å²) in [6.07, 6.45) is 5.95. The number of allylic oxidation sites excluding steroid dienone is 5. The maximum Gasteiger partial charge on any atom is 0.274 e. The van der Waals surface area contributed by atoms with E-state index in [1.54, 1.807) is 12.2 Å². The van der Waals surface area contributed by atoms with Crippen LogP contribution in [0.25, 0.3) is 0 Å². The molecular weight excluding hydrogens is 256 g/mol. The molecule has 0 amide bonds. The molecule has 2 bridgehead atoms. The Morgan fingerprint density at radius 1 is 1.38 bits per heavy atom. The summed E-state index contributed by atoms with van der Waals surface area (Å²) >= 11 is 3.22. The lowest BCUT2D eigenvalue weighted by Gasteiger charge is -2.21. The van der Waals surface area contributed by atoms with Crippen molar-refractivity contribution in [3.63, 3.8) is 0 Å². The normalized spacial score (nSPS) is 29.6. The summed E-state index contributed by atoms with van der Waals surface area (Å²) in [5.41, 5.74) is 0.692. The zero-order chi connectivity index (χ0) is 9.64. The monoisotopic (exact) mass is 260 g/mol. The van der Waals surface area contributed by atoms with Crippen LogP contribution in [-0.4, -0.2) is 18.4 Å². The molecule has 0 radical (unpaired) electrons. The molecule has 0 aromatic rings. The van der Waals surface area contributed by atoms with Gasteiger partial charge in [-0.15, -0.1) is 0 Å². The van der Waals surface area contributed by atoms with E-state index < -0.39 is 15.0 Å². The molecule has 0 spiro atoms. The van der Waals surface area contributed by atoms with Crippen molar-refractivity contribution >= 4 is 30.9 Å². The van der Waals surface area contributed by atoms with Gasteiger partial charge < -0.3 is 0 Å². The highest BCUT2D eigenvalue weighted by Crippen LogP contribution is 2.34. The van der Waals surface area contributed by atoms with E-state index in [-0.39, 0.29) is 9.73 Å². The second-order valence-corrected chi connectivity index (χ2v) is 5.55. The second kappa shape index (κ2) is 2.65. The number of alkyl halides is 1. The van der Waals surface area contributed by atoms with E-state index in [4.69, 9.17) is 0 Å². The van der Waals surface area contributed by atoms with E-state index in [9.17, 15) is 13.2 Å². The van der Waals surface area contributed by atoms with Crippen LogP contribution in [0.1, 0.15) is 0 Å². The van der Waals surface area contributed by atoms with Crippen LogP contribution in [0.4, 0.5) is 0 Å². The summed E-state index contributed by atoms with van der Waals surface area (Å²) in [5.74, 6) is 0. The summed E-state index contributed by atoms with van der Waals surface area (Å²) in [7, 11) is -3.74. The minimum Gasteiger partial charge on any atom is -0.276 e. The van der Waals surface area contributed by atoms with Crippen molar-refractivity contribution < 1.29 is 13.2 Å². The summed E-state index contributed by atoms with van der Waals surface area (Å²) in [5, 5.41) is -0.825. The number of hydrogen-bond acceptors (Lipinski definition) is 3. The average molecular weight is 261 g/mol. The van der Waals surface area contributed by atoms with Crippen LogP contribution in [0, 0.1) is 0 Å². The molecule has 13 heavy (non-hydrogen) atoms. The third kappa shape index (κ3) is 1.14. The largest absolute Gasteiger partial charge is 0.276 e. The van der Waals surface area contributed by atoms with E-state index in [1.807, 2.05) is 0 Å². The highest BCUT2D eigenvalue weighted by Gasteiger charge is 2.37. The first kappa shape index (κ1) is 8.90. The average Bonchev–Trinajstić information content (AvgIpc) is 2.05. The van der Waals surface area contributed by atoms with Crippen molar-refractivity contribution in [2.45, 2.75) is 4.83 Å². The number of sulfone groups is 1. The first-order valence-electron chi connectivity index (χ1n) is 3.56. The smallest absolute Gasteiger partial charge is 0.274 e. The van der Waals surface area contributed by atoms with Crippen molar-refractivity contribution in [2.75, 3.05) is 0 Å². The Morgan fingerprint density at radius 2 is 2.08 bits per heavy atom. The van der Waals surface area contributed by atoms with Gasteiger partial charge in [0.25, 0.3) is 5.12 Å². The minimum atomic E-state index is -3.74. The summed E-state index contributed by atoms with van der Waals surface area (Å²) in [4.78, 5) is 10.9. The summed E-state index contributed by atoms with van der Waals surface area (Å²) < 4.78 is 22.8. The Labute approximate surface area is 83.9 Å². The van der Waals surface area contributed by atoms with Gasteiger partial charge in [0.05, 0.1) is 9.73 Å². The number of fused-ring (bicyclic) bond motifs is 2. The van der Waals surface area contributed by atoms with Crippen LogP contribution in [0.5, 0.6) is 0 Å². The molecule has 1 atom stereocenters. The van der Waals surface area contributed by atoms with Gasteiger partial charge in [-0.2, -0.15) is 0 Å². The van der Waals surface area contributed by atoms with Crippen LogP contribution in [0.2, 0.25) is 0 Å². The Bertz CT molecular complexity index is 468. The molecule has 68 valence electrons. The fourth-order valence-corrected chi connectivity index (χ4v) is 3.63. The fraction of sp³-hybridized carbons (Fsp3) is 0.125. The zero-order valence-electron chi connectivity index (χ0n) is 6.40. The van der Waals surface area contributed by atoms with E-state index in [0.29, 0.717) is 5.57 Å². The van der Waals surface area contributed by atoms with Gasteiger partial charge in [0.1, 0.15) is 0 Å². The van der Waals surface area contributed by atoms with Gasteiger partial charge in [-0.25, -0.2) is 8.42 Å². The van der Waals surface area contributed by atoms with Crippen LogP contribution in [0.15, 0.2) is 34.8 Å². The lowest BCUT2D eigenvalue weighted by molar-refractivity contribution is -0.107. The Balaban J connectivity index is 2.78. The van der Waals surface area contributed by atoms with Gasteiger partial charge in [-0.05, 0) is 11.6 Å². The van der Waals surface area contributed by atoms with Crippen LogP contribution >= 0.6 is 15.9 Å². The van der Waals surface area contributed by atoms with Gasteiger partial charge in [0, 0.05) is 6.08 Å². The molecular formula is C8H5BrO3S. The molecule has 0 aromatic carbocycles. The maximum absolute atomic E-state index is 11.4. The Kier molecular flexibility index (Phi) is 1.82. The lowest BCUT2D eigenvalue weighted by Crippen LogP contribution is -2.28. The molecule has 1 aliphatic heterocycles. The van der Waals surface area contributed by atoms with Gasteiger partial charge in [0.15, 0.2) is 0 Å². The highest BCUT2D eigenvalue weighted by molar-refractivity contribution is 9.09. The lowest BCUT2D eigenvalue weighted by atomic mass is 10.1. The number of halogens is 1. The molecule has 0 saturated carbocycles. The number of carbonyl (C=O) groups is 1. The predicted molar refractivity (Wildman–Crippen MR) is 51.9 cm³/mol. The van der Waals surface area contributed by atoms with E-state index in [0.717, 1.165) is 6.08 Å². The molecule has 1 heterocycles. The van der Waals surface area contributed by atoms with Crippen molar-refractivity contribution in [3.8, 4) is 0 Å². The molecule has 1 aliphatic carbocycles. The van der Waals surface area contributed by atoms with E-state index in [1.165, 1.54) is 6.08 Å². The zero-order valence-corrected chi connectivity index (χ0v) is 8.80.